The normalized spacial score (nSPS) is 9.79. The van der Waals surface area contributed by atoms with Crippen molar-refractivity contribution in [3.8, 4) is 0 Å². The maximum Gasteiger partial charge on any atom is 0.410 e. The van der Waals surface area contributed by atoms with E-state index < -0.39 is 6.09 Å². The largest absolute Gasteiger partial charge is 0.447 e. The fourth-order valence-electron chi connectivity index (χ4n) is 0.825. The molecule has 82 valence electrons. The molecule has 1 N–H and O–H groups in total. The molecule has 0 saturated carbocycles. The number of amides is 2. The minimum Gasteiger partial charge on any atom is -0.447 e. The monoisotopic (exact) mass is 202 g/mol. The average Bonchev–Trinajstić information content (AvgIpc) is 2.02. The van der Waals surface area contributed by atoms with E-state index in [0.717, 1.165) is 0 Å². The van der Waals surface area contributed by atoms with E-state index in [9.17, 15) is 9.59 Å². The Morgan fingerprint density at radius 1 is 1.43 bits per heavy atom. The first-order chi connectivity index (χ1) is 6.47. The second kappa shape index (κ2) is 6.23. The number of likely N-dealkylation sites (N-methyl/N-ethyl adjacent to an activating group) is 2. The van der Waals surface area contributed by atoms with Crippen molar-refractivity contribution in [2.45, 2.75) is 26.9 Å². The van der Waals surface area contributed by atoms with E-state index >= 15 is 0 Å². The van der Waals surface area contributed by atoms with Crippen LogP contribution in [-0.2, 0) is 9.53 Å². The summed E-state index contributed by atoms with van der Waals surface area (Å²) in [7, 11) is 1.53. The van der Waals surface area contributed by atoms with Crippen LogP contribution in [0.5, 0.6) is 0 Å². The lowest BCUT2D eigenvalue weighted by molar-refractivity contribution is -0.121. The van der Waals surface area contributed by atoms with Gasteiger partial charge in [-0.3, -0.25) is 4.79 Å². The number of rotatable bonds is 4. The molecular weight excluding hydrogens is 184 g/mol. The first kappa shape index (κ1) is 12.7. The lowest BCUT2D eigenvalue weighted by Gasteiger charge is -2.17. The van der Waals surface area contributed by atoms with Crippen LogP contribution in [0.25, 0.3) is 0 Å². The lowest BCUT2D eigenvalue weighted by atomic mass is 10.5. The van der Waals surface area contributed by atoms with Crippen molar-refractivity contribution in [1.82, 2.24) is 10.2 Å². The van der Waals surface area contributed by atoms with Gasteiger partial charge in [-0.25, -0.2) is 4.79 Å². The summed E-state index contributed by atoms with van der Waals surface area (Å²) >= 11 is 0. The Morgan fingerprint density at radius 2 is 2.00 bits per heavy atom. The fourth-order valence-corrected chi connectivity index (χ4v) is 0.825. The molecule has 0 spiro atoms. The maximum atomic E-state index is 11.2. The molecule has 0 rings (SSSR count). The molecule has 0 aromatic carbocycles. The highest BCUT2D eigenvalue weighted by Gasteiger charge is 2.14. The SMILES string of the molecule is CCNC(=O)CN(C)C(=O)OC(C)C. The number of ether oxygens (including phenoxy) is 1. The lowest BCUT2D eigenvalue weighted by Crippen LogP contribution is -2.39. The number of hydrogen-bond donors (Lipinski definition) is 1. The molecular formula is C9H18N2O3. The Labute approximate surface area is 84.4 Å². The number of hydrogen-bond acceptors (Lipinski definition) is 3. The molecule has 2 amide bonds. The van der Waals surface area contributed by atoms with Gasteiger partial charge in [0.05, 0.1) is 6.10 Å². The van der Waals surface area contributed by atoms with Gasteiger partial charge in [-0.2, -0.15) is 0 Å². The summed E-state index contributed by atoms with van der Waals surface area (Å²) in [4.78, 5) is 23.5. The maximum absolute atomic E-state index is 11.2. The minimum atomic E-state index is -0.480. The molecule has 0 aliphatic carbocycles. The summed E-state index contributed by atoms with van der Waals surface area (Å²) in [5.41, 5.74) is 0. The van der Waals surface area contributed by atoms with Crippen LogP contribution >= 0.6 is 0 Å². The third-order valence-corrected chi connectivity index (χ3v) is 1.40. The summed E-state index contributed by atoms with van der Waals surface area (Å²) < 4.78 is 4.90. The molecule has 5 nitrogen and oxygen atoms in total. The molecule has 0 aliphatic heterocycles. The van der Waals surface area contributed by atoms with Crippen LogP contribution in [0, 0.1) is 0 Å². The Hall–Kier alpha value is -1.26. The number of carbonyl (C=O) groups is 2. The summed E-state index contributed by atoms with van der Waals surface area (Å²) in [6.45, 7) is 5.94. The van der Waals surface area contributed by atoms with E-state index in [1.54, 1.807) is 13.8 Å². The van der Waals surface area contributed by atoms with Gasteiger partial charge in [0.15, 0.2) is 0 Å². The van der Waals surface area contributed by atoms with Crippen molar-refractivity contribution in [3.05, 3.63) is 0 Å². The number of carbonyl (C=O) groups excluding carboxylic acids is 2. The number of nitrogens with zero attached hydrogens (tertiary/aromatic N) is 1. The molecule has 0 atom stereocenters. The molecule has 0 aromatic heterocycles. The zero-order valence-electron chi connectivity index (χ0n) is 9.16. The van der Waals surface area contributed by atoms with Crippen LogP contribution in [0.4, 0.5) is 4.79 Å². The first-order valence-corrected chi connectivity index (χ1v) is 4.65. The van der Waals surface area contributed by atoms with Crippen LogP contribution in [0.15, 0.2) is 0 Å². The summed E-state index contributed by atoms with van der Waals surface area (Å²) in [6.07, 6.45) is -0.648. The van der Waals surface area contributed by atoms with E-state index in [1.807, 2.05) is 6.92 Å². The van der Waals surface area contributed by atoms with Crippen LogP contribution < -0.4 is 5.32 Å². The zero-order chi connectivity index (χ0) is 11.1. The third kappa shape index (κ3) is 5.40. The molecule has 0 unspecified atom stereocenters. The van der Waals surface area contributed by atoms with Crippen LogP contribution in [-0.4, -0.2) is 43.1 Å². The molecule has 0 saturated heterocycles. The Morgan fingerprint density at radius 3 is 2.43 bits per heavy atom. The first-order valence-electron chi connectivity index (χ1n) is 4.65. The summed E-state index contributed by atoms with van der Waals surface area (Å²) in [6, 6.07) is 0. The van der Waals surface area contributed by atoms with Crippen molar-refractivity contribution in [2.24, 2.45) is 0 Å². The third-order valence-electron chi connectivity index (χ3n) is 1.40. The molecule has 14 heavy (non-hydrogen) atoms. The number of nitrogens with one attached hydrogen (secondary N) is 1. The van der Waals surface area contributed by atoms with Crippen molar-refractivity contribution < 1.29 is 14.3 Å². The van der Waals surface area contributed by atoms with Gasteiger partial charge in [-0.05, 0) is 20.8 Å². The second-order valence-electron chi connectivity index (χ2n) is 3.24. The Bertz CT molecular complexity index is 204. The predicted molar refractivity (Wildman–Crippen MR) is 52.9 cm³/mol. The van der Waals surface area contributed by atoms with E-state index in [4.69, 9.17) is 4.74 Å². The van der Waals surface area contributed by atoms with E-state index in [-0.39, 0.29) is 18.6 Å². The highest BCUT2D eigenvalue weighted by atomic mass is 16.6. The van der Waals surface area contributed by atoms with Crippen LogP contribution in [0.1, 0.15) is 20.8 Å². The van der Waals surface area contributed by atoms with Crippen LogP contribution in [0.3, 0.4) is 0 Å². The van der Waals surface area contributed by atoms with Gasteiger partial charge in [-0.15, -0.1) is 0 Å². The quantitative estimate of drug-likeness (QED) is 0.726. The van der Waals surface area contributed by atoms with Gasteiger partial charge in [-0.1, -0.05) is 0 Å². The zero-order valence-corrected chi connectivity index (χ0v) is 9.16. The van der Waals surface area contributed by atoms with Crippen molar-refractivity contribution >= 4 is 12.0 Å². The van der Waals surface area contributed by atoms with Gasteiger partial charge in [0, 0.05) is 13.6 Å². The van der Waals surface area contributed by atoms with Crippen molar-refractivity contribution in [1.29, 1.82) is 0 Å². The topological polar surface area (TPSA) is 58.6 Å². The van der Waals surface area contributed by atoms with E-state index in [1.165, 1.54) is 11.9 Å². The van der Waals surface area contributed by atoms with Crippen LogP contribution in [0.2, 0.25) is 0 Å². The molecule has 5 heteroatoms. The predicted octanol–water partition coefficient (Wildman–Crippen LogP) is 0.599. The molecule has 0 radical (unpaired) electrons. The minimum absolute atomic E-state index is 0.0272. The standard InChI is InChI=1S/C9H18N2O3/c1-5-10-8(12)6-11(4)9(13)14-7(2)3/h7H,5-6H2,1-4H3,(H,10,12). The molecule has 0 heterocycles. The van der Waals surface area contributed by atoms with E-state index in [2.05, 4.69) is 5.32 Å². The van der Waals surface area contributed by atoms with E-state index in [0.29, 0.717) is 6.54 Å². The van der Waals surface area contributed by atoms with Crippen molar-refractivity contribution in [3.63, 3.8) is 0 Å². The van der Waals surface area contributed by atoms with Gasteiger partial charge in [0.1, 0.15) is 6.54 Å². The average molecular weight is 202 g/mol. The highest BCUT2D eigenvalue weighted by Crippen LogP contribution is 1.94. The molecule has 0 fully saturated rings. The molecule has 0 aromatic rings. The Kier molecular flexibility index (Phi) is 5.67. The van der Waals surface area contributed by atoms with Gasteiger partial charge < -0.3 is 15.0 Å². The summed E-state index contributed by atoms with van der Waals surface area (Å²) in [5.74, 6) is -0.185. The van der Waals surface area contributed by atoms with Crippen molar-refractivity contribution in [2.75, 3.05) is 20.1 Å². The highest BCUT2D eigenvalue weighted by molar-refractivity contribution is 5.81. The molecule has 0 bridgehead atoms. The van der Waals surface area contributed by atoms with Gasteiger partial charge in [0.25, 0.3) is 0 Å². The van der Waals surface area contributed by atoms with Gasteiger partial charge in [0.2, 0.25) is 5.91 Å². The Balaban J connectivity index is 3.88. The second-order valence-corrected chi connectivity index (χ2v) is 3.24. The van der Waals surface area contributed by atoms with Gasteiger partial charge >= 0.3 is 6.09 Å². The summed E-state index contributed by atoms with van der Waals surface area (Å²) in [5, 5.41) is 2.60. The smallest absolute Gasteiger partial charge is 0.410 e. The molecule has 0 aliphatic rings. The fraction of sp³-hybridized carbons (Fsp3) is 0.778.